The lowest BCUT2D eigenvalue weighted by Gasteiger charge is -2.39. The molecule has 1 aliphatic rings. The van der Waals surface area contributed by atoms with E-state index in [-0.39, 0.29) is 0 Å². The van der Waals surface area contributed by atoms with Gasteiger partial charge in [0.1, 0.15) is 0 Å². The van der Waals surface area contributed by atoms with Gasteiger partial charge in [-0.2, -0.15) is 0 Å². The summed E-state index contributed by atoms with van der Waals surface area (Å²) in [7, 11) is 0. The average Bonchev–Trinajstić information content (AvgIpc) is 2.29. The Hall–Kier alpha value is 0.250. The molecule has 2 heteroatoms. The van der Waals surface area contributed by atoms with Crippen molar-refractivity contribution in [2.24, 2.45) is 11.3 Å². The van der Waals surface area contributed by atoms with Crippen LogP contribution in [0.15, 0.2) is 0 Å². The van der Waals surface area contributed by atoms with Crippen molar-refractivity contribution in [2.75, 3.05) is 25.5 Å². The molecule has 1 atom stereocenters. The molecular formula is C14H28ClN. The summed E-state index contributed by atoms with van der Waals surface area (Å²) in [6.45, 7) is 11.0. The first-order chi connectivity index (χ1) is 7.59. The molecule has 16 heavy (non-hydrogen) atoms. The number of hydrogen-bond donors (Lipinski definition) is 0. The maximum atomic E-state index is 5.76. The zero-order valence-corrected chi connectivity index (χ0v) is 12.0. The molecule has 0 amide bonds. The second-order valence-corrected chi connectivity index (χ2v) is 6.26. The minimum atomic E-state index is 0.623. The lowest BCUT2D eigenvalue weighted by atomic mass is 9.78. The highest BCUT2D eigenvalue weighted by Gasteiger charge is 2.27. The van der Waals surface area contributed by atoms with Gasteiger partial charge in [-0.05, 0) is 56.7 Å². The Kier molecular flexibility index (Phi) is 6.13. The third-order valence-corrected chi connectivity index (χ3v) is 4.67. The van der Waals surface area contributed by atoms with E-state index < -0.39 is 0 Å². The van der Waals surface area contributed by atoms with E-state index in [1.54, 1.807) is 0 Å². The highest BCUT2D eigenvalue weighted by molar-refractivity contribution is 6.17. The molecule has 0 saturated carbocycles. The van der Waals surface area contributed by atoms with Crippen molar-refractivity contribution in [1.82, 2.24) is 4.90 Å². The first kappa shape index (κ1) is 14.3. The lowest BCUT2D eigenvalue weighted by molar-refractivity contribution is 0.110. The average molecular weight is 246 g/mol. The number of rotatable bonds is 6. The quantitative estimate of drug-likeness (QED) is 0.636. The van der Waals surface area contributed by atoms with Gasteiger partial charge in [-0.25, -0.2) is 0 Å². The van der Waals surface area contributed by atoms with Gasteiger partial charge in [0.25, 0.3) is 0 Å². The van der Waals surface area contributed by atoms with Crippen molar-refractivity contribution in [3.63, 3.8) is 0 Å². The van der Waals surface area contributed by atoms with E-state index in [1.807, 2.05) is 0 Å². The first-order valence-electron chi connectivity index (χ1n) is 6.88. The summed E-state index contributed by atoms with van der Waals surface area (Å²) < 4.78 is 0. The number of alkyl halides is 1. The van der Waals surface area contributed by atoms with Crippen molar-refractivity contribution >= 4 is 11.6 Å². The van der Waals surface area contributed by atoms with Gasteiger partial charge in [-0.1, -0.05) is 27.2 Å². The third kappa shape index (κ3) is 4.63. The Morgan fingerprint density at radius 1 is 1.25 bits per heavy atom. The maximum absolute atomic E-state index is 5.76. The summed E-state index contributed by atoms with van der Waals surface area (Å²) in [5.41, 5.74) is 0.623. The van der Waals surface area contributed by atoms with Crippen molar-refractivity contribution < 1.29 is 0 Å². The fourth-order valence-electron chi connectivity index (χ4n) is 2.40. The van der Waals surface area contributed by atoms with E-state index in [0.717, 1.165) is 11.8 Å². The number of halogens is 1. The van der Waals surface area contributed by atoms with Crippen molar-refractivity contribution in [2.45, 2.75) is 52.9 Å². The van der Waals surface area contributed by atoms with Gasteiger partial charge in [0, 0.05) is 5.88 Å². The summed E-state index contributed by atoms with van der Waals surface area (Å²) in [4.78, 5) is 2.64. The van der Waals surface area contributed by atoms with E-state index in [4.69, 9.17) is 11.6 Å². The first-order valence-corrected chi connectivity index (χ1v) is 7.41. The molecule has 1 saturated heterocycles. The summed E-state index contributed by atoms with van der Waals surface area (Å²) in [6.07, 6.45) is 6.59. The fourth-order valence-corrected chi connectivity index (χ4v) is 2.78. The molecule has 0 aromatic rings. The van der Waals surface area contributed by atoms with Gasteiger partial charge in [-0.15, -0.1) is 11.6 Å². The highest BCUT2D eigenvalue weighted by atomic mass is 35.5. The van der Waals surface area contributed by atoms with Gasteiger partial charge in [-0.3, -0.25) is 0 Å². The summed E-state index contributed by atoms with van der Waals surface area (Å²) in [6, 6.07) is 0. The number of piperidine rings is 1. The molecule has 1 rings (SSSR count). The van der Waals surface area contributed by atoms with Crippen LogP contribution >= 0.6 is 11.6 Å². The Bertz CT molecular complexity index is 185. The molecular weight excluding hydrogens is 218 g/mol. The number of hydrogen-bond acceptors (Lipinski definition) is 1. The second kappa shape index (κ2) is 6.86. The molecule has 0 bridgehead atoms. The van der Waals surface area contributed by atoms with Crippen molar-refractivity contribution in [1.29, 1.82) is 0 Å². The molecule has 1 unspecified atom stereocenters. The minimum absolute atomic E-state index is 0.623. The standard InChI is InChI=1S/C14H28ClN/c1-4-14(3)7-11-16(12-8-14)10-6-13(2)5-9-15/h13H,4-12H2,1-3H3. The third-order valence-electron chi connectivity index (χ3n) is 4.46. The summed E-state index contributed by atoms with van der Waals surface area (Å²) >= 11 is 5.76. The molecule has 0 aliphatic carbocycles. The highest BCUT2D eigenvalue weighted by Crippen LogP contribution is 2.33. The van der Waals surface area contributed by atoms with Crippen LogP contribution in [0, 0.1) is 11.3 Å². The monoisotopic (exact) mass is 245 g/mol. The fraction of sp³-hybridized carbons (Fsp3) is 1.00. The van der Waals surface area contributed by atoms with Crippen LogP contribution in [0.25, 0.3) is 0 Å². The molecule has 0 N–H and O–H groups in total. The van der Waals surface area contributed by atoms with Crippen LogP contribution in [0.2, 0.25) is 0 Å². The van der Waals surface area contributed by atoms with E-state index in [0.29, 0.717) is 5.41 Å². The van der Waals surface area contributed by atoms with Gasteiger partial charge < -0.3 is 4.90 Å². The molecule has 0 radical (unpaired) electrons. The number of likely N-dealkylation sites (tertiary alicyclic amines) is 1. The van der Waals surface area contributed by atoms with Crippen LogP contribution in [-0.4, -0.2) is 30.4 Å². The molecule has 0 aromatic heterocycles. The Morgan fingerprint density at radius 3 is 2.38 bits per heavy atom. The SMILES string of the molecule is CCC1(C)CCN(CCC(C)CCCl)CC1. The molecule has 0 aromatic carbocycles. The Balaban J connectivity index is 2.17. The zero-order chi connectivity index (χ0) is 12.0. The molecule has 1 aliphatic heterocycles. The summed E-state index contributed by atoms with van der Waals surface area (Å²) in [5, 5.41) is 0. The van der Waals surface area contributed by atoms with Gasteiger partial charge >= 0.3 is 0 Å². The summed E-state index contributed by atoms with van der Waals surface area (Å²) in [5.74, 6) is 1.60. The van der Waals surface area contributed by atoms with E-state index in [2.05, 4.69) is 25.7 Å². The van der Waals surface area contributed by atoms with E-state index in [9.17, 15) is 0 Å². The Labute approximate surface area is 107 Å². The number of nitrogens with zero attached hydrogens (tertiary/aromatic N) is 1. The normalized spacial score (nSPS) is 23.2. The predicted molar refractivity (Wildman–Crippen MR) is 73.2 cm³/mol. The molecule has 1 nitrogen and oxygen atoms in total. The van der Waals surface area contributed by atoms with E-state index >= 15 is 0 Å². The smallest absolute Gasteiger partial charge is 0.0225 e. The molecule has 1 fully saturated rings. The van der Waals surface area contributed by atoms with Crippen LogP contribution in [0.5, 0.6) is 0 Å². The van der Waals surface area contributed by atoms with Gasteiger partial charge in [0.2, 0.25) is 0 Å². The van der Waals surface area contributed by atoms with Crippen molar-refractivity contribution in [3.05, 3.63) is 0 Å². The maximum Gasteiger partial charge on any atom is 0.0225 e. The van der Waals surface area contributed by atoms with Crippen LogP contribution < -0.4 is 0 Å². The minimum Gasteiger partial charge on any atom is -0.303 e. The Morgan fingerprint density at radius 2 is 1.88 bits per heavy atom. The molecule has 96 valence electrons. The largest absolute Gasteiger partial charge is 0.303 e. The topological polar surface area (TPSA) is 3.24 Å². The van der Waals surface area contributed by atoms with Crippen LogP contribution in [0.3, 0.4) is 0 Å². The predicted octanol–water partition coefficient (Wildman–Crippen LogP) is 4.15. The molecule has 0 spiro atoms. The second-order valence-electron chi connectivity index (χ2n) is 5.88. The van der Waals surface area contributed by atoms with Crippen molar-refractivity contribution in [3.8, 4) is 0 Å². The van der Waals surface area contributed by atoms with Gasteiger partial charge in [0.15, 0.2) is 0 Å². The van der Waals surface area contributed by atoms with Crippen LogP contribution in [0.1, 0.15) is 52.9 Å². The van der Waals surface area contributed by atoms with Crippen LogP contribution in [-0.2, 0) is 0 Å². The molecule has 1 heterocycles. The zero-order valence-electron chi connectivity index (χ0n) is 11.3. The van der Waals surface area contributed by atoms with Gasteiger partial charge in [0.05, 0.1) is 0 Å². The van der Waals surface area contributed by atoms with Crippen LogP contribution in [0.4, 0.5) is 0 Å². The lowest BCUT2D eigenvalue weighted by Crippen LogP contribution is -2.39. The van der Waals surface area contributed by atoms with E-state index in [1.165, 1.54) is 51.7 Å².